The van der Waals surface area contributed by atoms with Gasteiger partial charge in [-0.3, -0.25) is 4.90 Å². The zero-order valence-electron chi connectivity index (χ0n) is 21.6. The third-order valence-electron chi connectivity index (χ3n) is 6.61. The molecule has 5 rings (SSSR count). The van der Waals surface area contributed by atoms with E-state index in [1.165, 1.54) is 5.56 Å². The molecular weight excluding hydrogens is 470 g/mol. The molecule has 8 nitrogen and oxygen atoms in total. The lowest BCUT2D eigenvalue weighted by Gasteiger charge is -2.26. The largest absolute Gasteiger partial charge is 0.493 e. The number of nitrogens with zero attached hydrogens (tertiary/aromatic N) is 3. The van der Waals surface area contributed by atoms with E-state index in [2.05, 4.69) is 27.7 Å². The number of methoxy groups -OCH3 is 3. The van der Waals surface area contributed by atoms with Crippen LogP contribution in [0.5, 0.6) is 23.0 Å². The number of hydrogen-bond donors (Lipinski definition) is 0. The van der Waals surface area contributed by atoms with Crippen molar-refractivity contribution in [1.29, 1.82) is 0 Å². The Balaban J connectivity index is 1.52. The van der Waals surface area contributed by atoms with E-state index in [9.17, 15) is 0 Å². The van der Waals surface area contributed by atoms with E-state index in [1.54, 1.807) is 21.3 Å². The summed E-state index contributed by atoms with van der Waals surface area (Å²) < 4.78 is 30.6. The Labute approximate surface area is 217 Å². The highest BCUT2D eigenvalue weighted by Crippen LogP contribution is 2.41. The van der Waals surface area contributed by atoms with Gasteiger partial charge < -0.3 is 28.3 Å². The number of rotatable bonds is 10. The number of ether oxygens (including phenoxy) is 5. The monoisotopic (exact) mass is 503 g/mol. The maximum atomic E-state index is 6.16. The van der Waals surface area contributed by atoms with Crippen LogP contribution in [0.3, 0.4) is 0 Å². The standard InChI is InChI=1S/C29H33N3O5/c1-33-26-17-22(18-27(34-2)28(26)35-3)29-30-24-10-9-23(37-16-13-31-11-14-36-15-12-31)19-25(24)32(29)20-21-7-5-4-6-8-21/h4-10,17-19H,11-16,20H2,1-3H3. The van der Waals surface area contributed by atoms with Crippen molar-refractivity contribution in [2.24, 2.45) is 0 Å². The Morgan fingerprint density at radius 2 is 1.59 bits per heavy atom. The summed E-state index contributed by atoms with van der Waals surface area (Å²) in [4.78, 5) is 7.38. The predicted molar refractivity (Wildman–Crippen MR) is 143 cm³/mol. The molecule has 0 N–H and O–H groups in total. The highest BCUT2D eigenvalue weighted by Gasteiger charge is 2.20. The van der Waals surface area contributed by atoms with Crippen LogP contribution in [0, 0.1) is 0 Å². The normalized spacial score (nSPS) is 14.0. The lowest BCUT2D eigenvalue weighted by Crippen LogP contribution is -2.38. The fraction of sp³-hybridized carbons (Fsp3) is 0.345. The van der Waals surface area contributed by atoms with Crippen molar-refractivity contribution in [1.82, 2.24) is 14.5 Å². The smallest absolute Gasteiger partial charge is 0.203 e. The zero-order valence-corrected chi connectivity index (χ0v) is 21.6. The van der Waals surface area contributed by atoms with Gasteiger partial charge in [0, 0.05) is 37.8 Å². The molecule has 3 aromatic carbocycles. The van der Waals surface area contributed by atoms with Crippen LogP contribution in [0.4, 0.5) is 0 Å². The molecule has 1 aliphatic heterocycles. The second-order valence-electron chi connectivity index (χ2n) is 8.87. The molecule has 0 saturated carbocycles. The average Bonchev–Trinajstić information content (AvgIpc) is 3.30. The Kier molecular flexibility index (Phi) is 7.77. The van der Waals surface area contributed by atoms with Crippen molar-refractivity contribution in [2.75, 3.05) is 60.8 Å². The van der Waals surface area contributed by atoms with E-state index in [0.29, 0.717) is 30.4 Å². The number of hydrogen-bond acceptors (Lipinski definition) is 7. The summed E-state index contributed by atoms with van der Waals surface area (Å²) in [5.74, 6) is 3.36. The van der Waals surface area contributed by atoms with Gasteiger partial charge in [0.05, 0.1) is 45.6 Å². The minimum absolute atomic E-state index is 0.551. The second-order valence-corrected chi connectivity index (χ2v) is 8.87. The van der Waals surface area contributed by atoms with Gasteiger partial charge in [-0.05, 0) is 29.8 Å². The van der Waals surface area contributed by atoms with Crippen molar-refractivity contribution in [3.8, 4) is 34.4 Å². The number of benzene rings is 3. The first-order chi connectivity index (χ1) is 18.2. The van der Waals surface area contributed by atoms with E-state index >= 15 is 0 Å². The molecule has 0 unspecified atom stereocenters. The van der Waals surface area contributed by atoms with Gasteiger partial charge in [-0.25, -0.2) is 4.98 Å². The molecule has 0 aliphatic carbocycles. The second kappa shape index (κ2) is 11.5. The molecule has 194 valence electrons. The molecule has 1 aliphatic rings. The van der Waals surface area contributed by atoms with Crippen molar-refractivity contribution in [2.45, 2.75) is 6.54 Å². The summed E-state index contributed by atoms with van der Waals surface area (Å²) >= 11 is 0. The van der Waals surface area contributed by atoms with Crippen molar-refractivity contribution >= 4 is 11.0 Å². The van der Waals surface area contributed by atoms with Gasteiger partial charge in [0.15, 0.2) is 11.5 Å². The molecule has 1 fully saturated rings. The van der Waals surface area contributed by atoms with Gasteiger partial charge in [0.1, 0.15) is 18.2 Å². The van der Waals surface area contributed by atoms with Gasteiger partial charge in [0.25, 0.3) is 0 Å². The first kappa shape index (κ1) is 24.9. The van der Waals surface area contributed by atoms with Crippen LogP contribution in [-0.2, 0) is 11.3 Å². The van der Waals surface area contributed by atoms with Gasteiger partial charge in [-0.2, -0.15) is 0 Å². The van der Waals surface area contributed by atoms with Crippen LogP contribution in [0.2, 0.25) is 0 Å². The lowest BCUT2D eigenvalue weighted by molar-refractivity contribution is 0.0322. The number of aromatic nitrogens is 2. The molecular formula is C29H33N3O5. The summed E-state index contributed by atoms with van der Waals surface area (Å²) in [5, 5.41) is 0. The molecule has 0 bridgehead atoms. The van der Waals surface area contributed by atoms with E-state index in [-0.39, 0.29) is 0 Å². The Morgan fingerprint density at radius 1 is 0.865 bits per heavy atom. The lowest BCUT2D eigenvalue weighted by atomic mass is 10.1. The highest BCUT2D eigenvalue weighted by atomic mass is 16.5. The molecule has 4 aromatic rings. The minimum Gasteiger partial charge on any atom is -0.493 e. The molecule has 8 heteroatoms. The van der Waals surface area contributed by atoms with Gasteiger partial charge in [0.2, 0.25) is 5.75 Å². The van der Waals surface area contributed by atoms with E-state index in [4.69, 9.17) is 28.7 Å². The molecule has 0 amide bonds. The van der Waals surface area contributed by atoms with Crippen LogP contribution in [-0.4, -0.2) is 75.2 Å². The molecule has 2 heterocycles. The first-order valence-corrected chi connectivity index (χ1v) is 12.5. The van der Waals surface area contributed by atoms with Gasteiger partial charge in [-0.1, -0.05) is 30.3 Å². The first-order valence-electron chi connectivity index (χ1n) is 12.5. The van der Waals surface area contributed by atoms with E-state index < -0.39 is 0 Å². The topological polar surface area (TPSA) is 67.2 Å². The third kappa shape index (κ3) is 5.50. The van der Waals surface area contributed by atoms with Crippen LogP contribution >= 0.6 is 0 Å². The van der Waals surface area contributed by atoms with Crippen molar-refractivity contribution in [3.05, 3.63) is 66.2 Å². The Hall–Kier alpha value is -3.75. The zero-order chi connectivity index (χ0) is 25.6. The summed E-state index contributed by atoms with van der Waals surface area (Å²) in [7, 11) is 4.84. The molecule has 0 atom stereocenters. The van der Waals surface area contributed by atoms with Crippen LogP contribution in [0.15, 0.2) is 60.7 Å². The maximum absolute atomic E-state index is 6.16. The minimum atomic E-state index is 0.551. The third-order valence-corrected chi connectivity index (χ3v) is 6.61. The molecule has 37 heavy (non-hydrogen) atoms. The van der Waals surface area contributed by atoms with E-state index in [0.717, 1.165) is 61.0 Å². The van der Waals surface area contributed by atoms with Crippen molar-refractivity contribution < 1.29 is 23.7 Å². The predicted octanol–water partition coefficient (Wildman–Crippen LogP) is 4.49. The highest BCUT2D eigenvalue weighted by molar-refractivity contribution is 5.83. The van der Waals surface area contributed by atoms with Gasteiger partial charge >= 0.3 is 0 Å². The number of imidazole rings is 1. The molecule has 0 spiro atoms. The molecule has 1 aromatic heterocycles. The maximum Gasteiger partial charge on any atom is 0.203 e. The van der Waals surface area contributed by atoms with Gasteiger partial charge in [-0.15, -0.1) is 0 Å². The molecule has 0 radical (unpaired) electrons. The summed E-state index contributed by atoms with van der Waals surface area (Å²) in [6.07, 6.45) is 0. The average molecular weight is 504 g/mol. The summed E-state index contributed by atoms with van der Waals surface area (Å²) in [6.45, 7) is 5.62. The quantitative estimate of drug-likeness (QED) is 0.316. The van der Waals surface area contributed by atoms with Crippen LogP contribution in [0.25, 0.3) is 22.4 Å². The summed E-state index contributed by atoms with van der Waals surface area (Å²) in [5.41, 5.74) is 3.93. The molecule has 1 saturated heterocycles. The van der Waals surface area contributed by atoms with E-state index in [1.807, 2.05) is 42.5 Å². The van der Waals surface area contributed by atoms with Crippen LogP contribution < -0.4 is 18.9 Å². The SMILES string of the molecule is COc1cc(-c2nc3ccc(OCCN4CCOCC4)cc3n2Cc2ccccc2)cc(OC)c1OC. The Bertz CT molecular complexity index is 1310. The van der Waals surface area contributed by atoms with Crippen molar-refractivity contribution in [3.63, 3.8) is 0 Å². The number of fused-ring (bicyclic) bond motifs is 1. The van der Waals surface area contributed by atoms with Crippen LogP contribution in [0.1, 0.15) is 5.56 Å². The fourth-order valence-electron chi connectivity index (χ4n) is 4.67. The fourth-order valence-corrected chi connectivity index (χ4v) is 4.67. The Morgan fingerprint density at radius 3 is 2.27 bits per heavy atom. The number of morpholine rings is 1. The summed E-state index contributed by atoms with van der Waals surface area (Å²) in [6, 6.07) is 20.3.